The molecule has 0 spiro atoms. The van der Waals surface area contributed by atoms with E-state index in [0.717, 1.165) is 12.8 Å². The topological polar surface area (TPSA) is 9.23 Å². The van der Waals surface area contributed by atoms with Crippen molar-refractivity contribution in [3.8, 4) is 5.75 Å². The maximum absolute atomic E-state index is 12.8. The van der Waals surface area contributed by atoms with Crippen molar-refractivity contribution in [3.63, 3.8) is 0 Å². The predicted octanol–water partition coefficient (Wildman–Crippen LogP) is 3.80. The number of hydrogen-bond acceptors (Lipinski definition) is 1. The monoisotopic (exact) mass is 214 g/mol. The van der Waals surface area contributed by atoms with Crippen LogP contribution in [0.25, 0.3) is 0 Å². The van der Waals surface area contributed by atoms with Gasteiger partial charge in [-0.1, -0.05) is 11.6 Å². The summed E-state index contributed by atoms with van der Waals surface area (Å²) in [5.41, 5.74) is 0. The highest BCUT2D eigenvalue weighted by Gasteiger charge is 2.16. The molecule has 76 valence electrons. The zero-order valence-electron chi connectivity index (χ0n) is 7.80. The number of benzene rings is 1. The van der Waals surface area contributed by atoms with Crippen molar-refractivity contribution in [1.29, 1.82) is 0 Å². The molecule has 0 bridgehead atoms. The summed E-state index contributed by atoms with van der Waals surface area (Å²) in [5, 5.41) is 0.125. The van der Waals surface area contributed by atoms with E-state index in [-0.39, 0.29) is 11.1 Å². The summed E-state index contributed by atoms with van der Waals surface area (Å²) in [6.45, 7) is 0. The summed E-state index contributed by atoms with van der Waals surface area (Å²) in [4.78, 5) is 0. The van der Waals surface area contributed by atoms with Crippen molar-refractivity contribution in [1.82, 2.24) is 0 Å². The van der Waals surface area contributed by atoms with Crippen LogP contribution >= 0.6 is 11.6 Å². The molecule has 1 nitrogen and oxygen atoms in total. The number of hydrogen-bond donors (Lipinski definition) is 0. The van der Waals surface area contributed by atoms with Gasteiger partial charge in [0.05, 0.1) is 11.1 Å². The smallest absolute Gasteiger partial charge is 0.142 e. The maximum Gasteiger partial charge on any atom is 0.142 e. The molecule has 0 aliphatic heterocycles. The third-order valence-corrected chi connectivity index (χ3v) is 2.79. The van der Waals surface area contributed by atoms with Crippen LogP contribution in [0.2, 0.25) is 5.02 Å². The lowest BCUT2D eigenvalue weighted by Crippen LogP contribution is -2.10. The third-order valence-electron chi connectivity index (χ3n) is 2.50. The molecular weight excluding hydrogens is 203 g/mol. The molecule has 0 N–H and O–H groups in total. The highest BCUT2D eigenvalue weighted by Crippen LogP contribution is 2.26. The average Bonchev–Trinajstić information content (AvgIpc) is 2.64. The van der Waals surface area contributed by atoms with Crippen LogP contribution in [0.1, 0.15) is 25.7 Å². The van der Waals surface area contributed by atoms with E-state index in [1.54, 1.807) is 6.07 Å². The van der Waals surface area contributed by atoms with Gasteiger partial charge in [-0.3, -0.25) is 0 Å². The Morgan fingerprint density at radius 3 is 2.64 bits per heavy atom. The first kappa shape index (κ1) is 9.78. The molecule has 1 aromatic carbocycles. The van der Waals surface area contributed by atoms with Gasteiger partial charge in [0.25, 0.3) is 0 Å². The fourth-order valence-electron chi connectivity index (χ4n) is 1.75. The molecule has 1 aromatic rings. The number of rotatable bonds is 2. The van der Waals surface area contributed by atoms with Gasteiger partial charge >= 0.3 is 0 Å². The Kier molecular flexibility index (Phi) is 2.92. The van der Waals surface area contributed by atoms with Crippen LogP contribution in [0, 0.1) is 5.82 Å². The van der Waals surface area contributed by atoms with Gasteiger partial charge in [-0.05, 0) is 37.8 Å². The standard InChI is InChI=1S/C11H12ClFO/c12-10-7-9(5-6-11(10)13)14-8-3-1-2-4-8/h5-8H,1-4H2. The van der Waals surface area contributed by atoms with Crippen LogP contribution in [-0.4, -0.2) is 6.10 Å². The van der Waals surface area contributed by atoms with E-state index in [1.165, 1.54) is 25.0 Å². The second-order valence-electron chi connectivity index (χ2n) is 3.60. The first-order valence-corrected chi connectivity index (χ1v) is 5.25. The summed E-state index contributed by atoms with van der Waals surface area (Å²) in [6.07, 6.45) is 4.92. The van der Waals surface area contributed by atoms with Crippen LogP contribution in [0.3, 0.4) is 0 Å². The number of ether oxygens (including phenoxy) is 1. The summed E-state index contributed by atoms with van der Waals surface area (Å²) in [7, 11) is 0. The van der Waals surface area contributed by atoms with Crippen LogP contribution in [0.5, 0.6) is 5.75 Å². The zero-order chi connectivity index (χ0) is 9.97. The van der Waals surface area contributed by atoms with Crippen molar-refractivity contribution < 1.29 is 9.13 Å². The molecule has 0 heterocycles. The summed E-state index contributed by atoms with van der Waals surface area (Å²) in [6, 6.07) is 4.50. The molecular formula is C11H12ClFO. The molecule has 0 radical (unpaired) electrons. The first-order chi connectivity index (χ1) is 6.75. The average molecular weight is 215 g/mol. The molecule has 14 heavy (non-hydrogen) atoms. The molecule has 0 amide bonds. The first-order valence-electron chi connectivity index (χ1n) is 4.87. The summed E-state index contributed by atoms with van der Waals surface area (Å²) >= 11 is 5.64. The van der Waals surface area contributed by atoms with E-state index in [0.29, 0.717) is 5.75 Å². The second-order valence-corrected chi connectivity index (χ2v) is 4.01. The molecule has 0 saturated heterocycles. The summed E-state index contributed by atoms with van der Waals surface area (Å²) < 4.78 is 18.5. The molecule has 1 saturated carbocycles. The largest absolute Gasteiger partial charge is 0.490 e. The van der Waals surface area contributed by atoms with Crippen molar-refractivity contribution in [2.45, 2.75) is 31.8 Å². The third kappa shape index (κ3) is 2.18. The minimum atomic E-state index is -0.398. The maximum atomic E-state index is 12.8. The van der Waals surface area contributed by atoms with Gasteiger partial charge in [0.2, 0.25) is 0 Å². The van der Waals surface area contributed by atoms with Gasteiger partial charge in [0.1, 0.15) is 11.6 Å². The molecule has 2 rings (SSSR count). The van der Waals surface area contributed by atoms with E-state index < -0.39 is 5.82 Å². The Balaban J connectivity index is 2.05. The molecule has 1 aliphatic carbocycles. The normalized spacial score (nSPS) is 17.3. The zero-order valence-corrected chi connectivity index (χ0v) is 8.56. The van der Waals surface area contributed by atoms with E-state index in [1.807, 2.05) is 0 Å². The van der Waals surface area contributed by atoms with Crippen molar-refractivity contribution in [2.24, 2.45) is 0 Å². The van der Waals surface area contributed by atoms with Crippen molar-refractivity contribution >= 4 is 11.6 Å². The second kappa shape index (κ2) is 4.18. The fraction of sp³-hybridized carbons (Fsp3) is 0.455. The van der Waals surface area contributed by atoms with Gasteiger partial charge in [-0.2, -0.15) is 0 Å². The van der Waals surface area contributed by atoms with Crippen molar-refractivity contribution in [3.05, 3.63) is 29.0 Å². The van der Waals surface area contributed by atoms with Crippen LogP contribution in [0.4, 0.5) is 4.39 Å². The quantitative estimate of drug-likeness (QED) is 0.728. The van der Waals surface area contributed by atoms with Gasteiger partial charge in [-0.25, -0.2) is 4.39 Å². The number of halogens is 2. The van der Waals surface area contributed by atoms with Crippen LogP contribution in [0.15, 0.2) is 18.2 Å². The lowest BCUT2D eigenvalue weighted by Gasteiger charge is -2.12. The highest BCUT2D eigenvalue weighted by molar-refractivity contribution is 6.30. The SMILES string of the molecule is Fc1ccc(OC2CCCC2)cc1Cl. The molecule has 0 atom stereocenters. The van der Waals surface area contributed by atoms with Crippen LogP contribution in [-0.2, 0) is 0 Å². The highest BCUT2D eigenvalue weighted by atomic mass is 35.5. The lowest BCUT2D eigenvalue weighted by molar-refractivity contribution is 0.210. The fourth-order valence-corrected chi connectivity index (χ4v) is 1.92. The minimum absolute atomic E-state index is 0.125. The Morgan fingerprint density at radius 1 is 1.29 bits per heavy atom. The van der Waals surface area contributed by atoms with E-state index >= 15 is 0 Å². The lowest BCUT2D eigenvalue weighted by atomic mass is 10.3. The Bertz CT molecular complexity index is 321. The molecule has 3 heteroatoms. The van der Waals surface area contributed by atoms with E-state index in [4.69, 9.17) is 16.3 Å². The molecule has 1 aliphatic rings. The molecule has 0 unspecified atom stereocenters. The Labute approximate surface area is 87.8 Å². The van der Waals surface area contributed by atoms with Gasteiger partial charge < -0.3 is 4.74 Å². The molecule has 0 aromatic heterocycles. The van der Waals surface area contributed by atoms with E-state index in [9.17, 15) is 4.39 Å². The minimum Gasteiger partial charge on any atom is -0.490 e. The predicted molar refractivity (Wildman–Crippen MR) is 54.3 cm³/mol. The van der Waals surface area contributed by atoms with Gasteiger partial charge in [0.15, 0.2) is 0 Å². The Morgan fingerprint density at radius 2 is 2.00 bits per heavy atom. The summed E-state index contributed by atoms with van der Waals surface area (Å²) in [5.74, 6) is 0.272. The Hall–Kier alpha value is -0.760. The van der Waals surface area contributed by atoms with E-state index in [2.05, 4.69) is 0 Å². The van der Waals surface area contributed by atoms with Crippen molar-refractivity contribution in [2.75, 3.05) is 0 Å². The van der Waals surface area contributed by atoms with Gasteiger partial charge in [-0.15, -0.1) is 0 Å². The van der Waals surface area contributed by atoms with Crippen LogP contribution < -0.4 is 4.74 Å². The van der Waals surface area contributed by atoms with Gasteiger partial charge in [0, 0.05) is 6.07 Å². The molecule has 1 fully saturated rings.